The molecule has 1 aliphatic carbocycles. The molecule has 1 aromatic carbocycles. The molecule has 0 radical (unpaired) electrons. The predicted molar refractivity (Wildman–Crippen MR) is 49.8 cm³/mol. The molecule has 2 atom stereocenters. The fraction of sp³-hybridized carbons (Fsp3) is 0.400. The van der Waals surface area contributed by atoms with Gasteiger partial charge in [-0.1, -0.05) is 24.3 Å². The minimum absolute atomic E-state index is 0.00847. The molecule has 5 heteroatoms. The lowest BCUT2D eigenvalue weighted by molar-refractivity contribution is -0.180. The summed E-state index contributed by atoms with van der Waals surface area (Å²) in [4.78, 5) is 0. The lowest BCUT2D eigenvalue weighted by atomic mass is 10.0. The minimum Gasteiger partial charge on any atom is -0.271 e. The average molecular weight is 216 g/mol. The van der Waals surface area contributed by atoms with Crippen LogP contribution >= 0.6 is 0 Å². The van der Waals surface area contributed by atoms with Crippen LogP contribution in [0, 0.1) is 5.92 Å². The van der Waals surface area contributed by atoms with Gasteiger partial charge in [-0.25, -0.2) is 0 Å². The lowest BCUT2D eigenvalue weighted by Crippen LogP contribution is -2.37. The second-order valence-electron chi connectivity index (χ2n) is 3.70. The van der Waals surface area contributed by atoms with Gasteiger partial charge in [-0.05, 0) is 17.5 Å². The summed E-state index contributed by atoms with van der Waals surface area (Å²) < 4.78 is 38.0. The van der Waals surface area contributed by atoms with Crippen LogP contribution in [0.1, 0.15) is 17.2 Å². The van der Waals surface area contributed by atoms with Crippen LogP contribution in [0.25, 0.3) is 0 Å². The highest BCUT2D eigenvalue weighted by Crippen LogP contribution is 2.44. The van der Waals surface area contributed by atoms with Gasteiger partial charge in [0.15, 0.2) is 0 Å². The van der Waals surface area contributed by atoms with Crippen LogP contribution < -0.4 is 11.3 Å². The predicted octanol–water partition coefficient (Wildman–Crippen LogP) is 1.93. The molecule has 0 bridgehead atoms. The Balaban J connectivity index is 2.37. The first kappa shape index (κ1) is 10.4. The highest BCUT2D eigenvalue weighted by Gasteiger charge is 2.48. The van der Waals surface area contributed by atoms with E-state index < -0.39 is 18.1 Å². The molecule has 0 heterocycles. The number of alkyl halides is 3. The Labute approximate surface area is 85.2 Å². The Morgan fingerprint density at radius 2 is 1.93 bits per heavy atom. The summed E-state index contributed by atoms with van der Waals surface area (Å²) in [6.07, 6.45) is -4.20. The van der Waals surface area contributed by atoms with Gasteiger partial charge in [0.05, 0.1) is 12.0 Å². The zero-order chi connectivity index (χ0) is 11.1. The number of rotatable bonds is 1. The van der Waals surface area contributed by atoms with E-state index in [1.165, 1.54) is 0 Å². The second-order valence-corrected chi connectivity index (χ2v) is 3.70. The Bertz CT molecular complexity index is 362. The number of benzene rings is 1. The van der Waals surface area contributed by atoms with Crippen molar-refractivity contribution < 1.29 is 13.2 Å². The first-order valence-corrected chi connectivity index (χ1v) is 4.64. The molecular weight excluding hydrogens is 205 g/mol. The molecule has 1 aliphatic rings. The lowest BCUT2D eigenvalue weighted by Gasteiger charge is -2.21. The van der Waals surface area contributed by atoms with Crippen LogP contribution in [0.4, 0.5) is 13.2 Å². The van der Waals surface area contributed by atoms with Crippen molar-refractivity contribution in [3.63, 3.8) is 0 Å². The third-order valence-electron chi connectivity index (χ3n) is 2.83. The van der Waals surface area contributed by atoms with Crippen molar-refractivity contribution in [1.82, 2.24) is 5.43 Å². The third kappa shape index (κ3) is 1.72. The van der Waals surface area contributed by atoms with E-state index in [9.17, 15) is 13.2 Å². The smallest absolute Gasteiger partial charge is 0.271 e. The van der Waals surface area contributed by atoms with Crippen molar-refractivity contribution >= 4 is 0 Å². The quantitative estimate of drug-likeness (QED) is 0.556. The average Bonchev–Trinajstić information content (AvgIpc) is 2.55. The number of hydrogen-bond donors (Lipinski definition) is 2. The molecule has 82 valence electrons. The first-order valence-electron chi connectivity index (χ1n) is 4.64. The number of fused-ring (bicyclic) bond motifs is 1. The molecule has 0 aliphatic heterocycles. The zero-order valence-corrected chi connectivity index (χ0v) is 7.88. The molecule has 2 nitrogen and oxygen atoms in total. The minimum atomic E-state index is -4.21. The van der Waals surface area contributed by atoms with Crippen LogP contribution in [0.2, 0.25) is 0 Å². The van der Waals surface area contributed by atoms with Gasteiger partial charge in [0.25, 0.3) is 0 Å². The molecule has 0 saturated heterocycles. The standard InChI is InChI=1S/C10H11F3N2/c11-10(12,13)8-5-6-3-1-2-4-7(6)9(8)15-14/h1-4,8-9,15H,5,14H2/t8-,9-/m0/s1. The highest BCUT2D eigenvalue weighted by atomic mass is 19.4. The molecule has 0 amide bonds. The van der Waals surface area contributed by atoms with Crippen LogP contribution in [-0.2, 0) is 6.42 Å². The van der Waals surface area contributed by atoms with Crippen molar-refractivity contribution in [2.45, 2.75) is 18.6 Å². The number of hydrogen-bond acceptors (Lipinski definition) is 2. The summed E-state index contributed by atoms with van der Waals surface area (Å²) in [7, 11) is 0. The van der Waals surface area contributed by atoms with Crippen molar-refractivity contribution in [2.75, 3.05) is 0 Å². The van der Waals surface area contributed by atoms with Crippen molar-refractivity contribution in [1.29, 1.82) is 0 Å². The van der Waals surface area contributed by atoms with E-state index in [-0.39, 0.29) is 6.42 Å². The Morgan fingerprint density at radius 1 is 1.27 bits per heavy atom. The van der Waals surface area contributed by atoms with Crippen LogP contribution in [0.15, 0.2) is 24.3 Å². The van der Waals surface area contributed by atoms with Crippen LogP contribution in [-0.4, -0.2) is 6.18 Å². The number of nitrogens with one attached hydrogen (secondary N) is 1. The van der Waals surface area contributed by atoms with Gasteiger partial charge in [0.2, 0.25) is 0 Å². The molecule has 0 saturated carbocycles. The number of halogens is 3. The normalized spacial score (nSPS) is 25.3. The summed E-state index contributed by atoms with van der Waals surface area (Å²) >= 11 is 0. The second kappa shape index (κ2) is 3.50. The maximum Gasteiger partial charge on any atom is 0.394 e. The summed E-state index contributed by atoms with van der Waals surface area (Å²) in [5.74, 6) is 3.77. The van der Waals surface area contributed by atoms with E-state index >= 15 is 0 Å². The van der Waals surface area contributed by atoms with Crippen molar-refractivity contribution in [3.8, 4) is 0 Å². The summed E-state index contributed by atoms with van der Waals surface area (Å²) in [5.41, 5.74) is 3.64. The van der Waals surface area contributed by atoms with Gasteiger partial charge in [-0.15, -0.1) is 0 Å². The summed E-state index contributed by atoms with van der Waals surface area (Å²) in [5, 5.41) is 0. The van der Waals surface area contributed by atoms with E-state index in [2.05, 4.69) is 5.43 Å². The Kier molecular flexibility index (Phi) is 2.44. The highest BCUT2D eigenvalue weighted by molar-refractivity contribution is 5.36. The molecule has 0 unspecified atom stereocenters. The zero-order valence-electron chi connectivity index (χ0n) is 7.88. The molecule has 0 spiro atoms. The topological polar surface area (TPSA) is 38.0 Å². The van der Waals surface area contributed by atoms with Gasteiger partial charge in [0, 0.05) is 0 Å². The van der Waals surface area contributed by atoms with Crippen LogP contribution in [0.3, 0.4) is 0 Å². The van der Waals surface area contributed by atoms with Gasteiger partial charge in [0.1, 0.15) is 0 Å². The molecule has 1 aromatic rings. The third-order valence-corrected chi connectivity index (χ3v) is 2.83. The van der Waals surface area contributed by atoms with Gasteiger partial charge in [-0.3, -0.25) is 11.3 Å². The summed E-state index contributed by atoms with van der Waals surface area (Å²) in [6.45, 7) is 0. The Morgan fingerprint density at radius 3 is 2.53 bits per heavy atom. The van der Waals surface area contributed by atoms with Gasteiger partial charge < -0.3 is 0 Å². The molecule has 15 heavy (non-hydrogen) atoms. The fourth-order valence-electron chi connectivity index (χ4n) is 2.11. The molecule has 0 fully saturated rings. The van der Waals surface area contributed by atoms with Crippen molar-refractivity contribution in [2.24, 2.45) is 11.8 Å². The SMILES string of the molecule is NN[C@H]1c2ccccc2C[C@@H]1C(F)(F)F. The van der Waals surface area contributed by atoms with Crippen molar-refractivity contribution in [3.05, 3.63) is 35.4 Å². The molecule has 3 N–H and O–H groups in total. The fourth-order valence-corrected chi connectivity index (χ4v) is 2.11. The maximum absolute atomic E-state index is 12.7. The van der Waals surface area contributed by atoms with E-state index in [0.29, 0.717) is 5.56 Å². The van der Waals surface area contributed by atoms with E-state index in [1.807, 2.05) is 0 Å². The molecule has 0 aromatic heterocycles. The van der Waals surface area contributed by atoms with Gasteiger partial charge in [-0.2, -0.15) is 13.2 Å². The van der Waals surface area contributed by atoms with Crippen LogP contribution in [0.5, 0.6) is 0 Å². The maximum atomic E-state index is 12.7. The number of hydrazine groups is 1. The van der Waals surface area contributed by atoms with E-state index in [4.69, 9.17) is 5.84 Å². The summed E-state index contributed by atoms with van der Waals surface area (Å²) in [6, 6.07) is 6.05. The number of nitrogens with two attached hydrogens (primary N) is 1. The van der Waals surface area contributed by atoms with E-state index in [0.717, 1.165) is 5.56 Å². The monoisotopic (exact) mass is 216 g/mol. The molecule has 2 rings (SSSR count). The molecular formula is C10H11F3N2. The van der Waals surface area contributed by atoms with Gasteiger partial charge >= 0.3 is 6.18 Å². The first-order chi connectivity index (χ1) is 7.04. The van der Waals surface area contributed by atoms with E-state index in [1.54, 1.807) is 24.3 Å². The largest absolute Gasteiger partial charge is 0.394 e. The Hall–Kier alpha value is -1.07.